The lowest BCUT2D eigenvalue weighted by Crippen LogP contribution is -2.16. The molecular formula is C22H22FN7O3S. The number of hydrogen-bond donors (Lipinski definition) is 3. The van der Waals surface area contributed by atoms with E-state index in [4.69, 9.17) is 0 Å². The number of alkyl halides is 1. The molecule has 34 heavy (non-hydrogen) atoms. The van der Waals surface area contributed by atoms with Crippen LogP contribution < -0.4 is 10.6 Å². The van der Waals surface area contributed by atoms with E-state index in [1.165, 1.54) is 0 Å². The van der Waals surface area contributed by atoms with Gasteiger partial charge in [-0.2, -0.15) is 0 Å². The zero-order valence-electron chi connectivity index (χ0n) is 18.6. The average Bonchev–Trinajstić information content (AvgIpc) is 3.14. The second-order valence-corrected chi connectivity index (χ2v) is 10.4. The van der Waals surface area contributed by atoms with E-state index in [9.17, 15) is 17.6 Å². The van der Waals surface area contributed by atoms with Gasteiger partial charge in [0.15, 0.2) is 15.5 Å². The number of rotatable bonds is 6. The summed E-state index contributed by atoms with van der Waals surface area (Å²) in [6.07, 6.45) is 3.49. The SMILES string of the molecule is Cc1nc2c(Nc3ccc(-c4cncn4C)cc3S(C)(=O)=O)cc(NC(=O)[C@@H]3C[C@@H]3F)nc2[nH]1. The second-order valence-electron chi connectivity index (χ2n) is 8.42. The van der Waals surface area contributed by atoms with Crippen molar-refractivity contribution in [2.45, 2.75) is 24.4 Å². The Balaban J connectivity index is 1.57. The van der Waals surface area contributed by atoms with Crippen molar-refractivity contribution in [3.05, 3.63) is 42.6 Å². The maximum Gasteiger partial charge on any atom is 0.231 e. The maximum absolute atomic E-state index is 13.3. The highest BCUT2D eigenvalue weighted by Crippen LogP contribution is 2.36. The average molecular weight is 484 g/mol. The van der Waals surface area contributed by atoms with Crippen LogP contribution in [0.15, 0.2) is 41.7 Å². The molecule has 0 radical (unpaired) electrons. The monoisotopic (exact) mass is 483 g/mol. The molecule has 10 nitrogen and oxygen atoms in total. The third kappa shape index (κ3) is 4.12. The minimum Gasteiger partial charge on any atom is -0.352 e. The van der Waals surface area contributed by atoms with Crippen LogP contribution >= 0.6 is 0 Å². The predicted molar refractivity (Wildman–Crippen MR) is 125 cm³/mol. The number of H-pyrrole nitrogens is 1. The first kappa shape index (κ1) is 22.0. The summed E-state index contributed by atoms with van der Waals surface area (Å²) in [6.45, 7) is 1.76. The summed E-state index contributed by atoms with van der Waals surface area (Å²) in [5, 5.41) is 5.78. The number of imidazole rings is 2. The van der Waals surface area contributed by atoms with Crippen LogP contribution in [0, 0.1) is 12.8 Å². The molecule has 3 aromatic heterocycles. The molecular weight excluding hydrogens is 461 g/mol. The molecule has 4 aromatic rings. The molecule has 3 heterocycles. The van der Waals surface area contributed by atoms with Crippen LogP contribution in [0.5, 0.6) is 0 Å². The van der Waals surface area contributed by atoms with Crippen LogP contribution in [0.2, 0.25) is 0 Å². The van der Waals surface area contributed by atoms with Crippen molar-refractivity contribution in [1.82, 2.24) is 24.5 Å². The summed E-state index contributed by atoms with van der Waals surface area (Å²) >= 11 is 0. The lowest BCUT2D eigenvalue weighted by Gasteiger charge is -2.14. The fraction of sp³-hybridized carbons (Fsp3) is 0.273. The standard InChI is InChI=1S/C22H22FN7O3S/c1-11-25-20-16(8-19(28-21(20)26-11)29-22(31)13-7-14(13)23)27-15-5-4-12(6-18(15)34(3,32)33)17-9-24-10-30(17)2/h4-6,8-10,13-14H,7H2,1-3H3,(H3,25,26,27,28,29,31)/t13-,14+/m1/s1. The number of aryl methyl sites for hydroxylation is 2. The number of halogens is 1. The summed E-state index contributed by atoms with van der Waals surface area (Å²) in [5.41, 5.74) is 3.11. The van der Waals surface area contributed by atoms with Crippen LogP contribution in [-0.4, -0.2) is 51.3 Å². The van der Waals surface area contributed by atoms with E-state index in [1.807, 2.05) is 7.05 Å². The van der Waals surface area contributed by atoms with Crippen molar-refractivity contribution >= 4 is 44.1 Å². The molecule has 5 rings (SSSR count). The van der Waals surface area contributed by atoms with Crippen LogP contribution in [0.1, 0.15) is 12.2 Å². The fourth-order valence-electron chi connectivity index (χ4n) is 3.79. The topological polar surface area (TPSA) is 135 Å². The Bertz CT molecular complexity index is 1540. The Hall–Kier alpha value is -3.80. The van der Waals surface area contributed by atoms with Gasteiger partial charge in [-0.05, 0) is 25.5 Å². The largest absolute Gasteiger partial charge is 0.352 e. The minimum absolute atomic E-state index is 0.0901. The highest BCUT2D eigenvalue weighted by molar-refractivity contribution is 7.90. The van der Waals surface area contributed by atoms with Crippen LogP contribution in [0.4, 0.5) is 21.6 Å². The van der Waals surface area contributed by atoms with E-state index >= 15 is 0 Å². The third-order valence-corrected chi connectivity index (χ3v) is 6.77. The van der Waals surface area contributed by atoms with Crippen molar-refractivity contribution in [1.29, 1.82) is 0 Å². The van der Waals surface area contributed by atoms with Gasteiger partial charge in [0, 0.05) is 24.9 Å². The summed E-state index contributed by atoms with van der Waals surface area (Å²) in [5.74, 6) is -0.322. The zero-order valence-corrected chi connectivity index (χ0v) is 19.4. The number of amides is 1. The summed E-state index contributed by atoms with van der Waals surface area (Å²) < 4.78 is 40.4. The molecule has 3 N–H and O–H groups in total. The zero-order chi connectivity index (χ0) is 24.2. The maximum atomic E-state index is 13.3. The van der Waals surface area contributed by atoms with E-state index in [0.717, 1.165) is 11.9 Å². The van der Waals surface area contributed by atoms with Gasteiger partial charge in [-0.25, -0.2) is 27.8 Å². The first-order valence-electron chi connectivity index (χ1n) is 10.5. The van der Waals surface area contributed by atoms with Gasteiger partial charge in [-0.15, -0.1) is 0 Å². The molecule has 0 saturated heterocycles. The lowest BCUT2D eigenvalue weighted by molar-refractivity contribution is -0.117. The Morgan fingerprint density at radius 2 is 2.00 bits per heavy atom. The number of aromatic nitrogens is 5. The fourth-order valence-corrected chi connectivity index (χ4v) is 4.65. The highest BCUT2D eigenvalue weighted by Gasteiger charge is 2.43. The Kier molecular flexibility index (Phi) is 5.12. The van der Waals surface area contributed by atoms with E-state index in [-0.39, 0.29) is 17.1 Å². The number of carbonyl (C=O) groups is 1. The summed E-state index contributed by atoms with van der Waals surface area (Å²) in [6, 6.07) is 6.59. The molecule has 1 aliphatic rings. The Morgan fingerprint density at radius 3 is 2.65 bits per heavy atom. The van der Waals surface area contributed by atoms with Gasteiger partial charge in [0.05, 0.1) is 40.4 Å². The quantitative estimate of drug-likeness (QED) is 0.383. The first-order valence-corrected chi connectivity index (χ1v) is 12.4. The van der Waals surface area contributed by atoms with Crippen molar-refractivity contribution < 1.29 is 17.6 Å². The van der Waals surface area contributed by atoms with Gasteiger partial charge in [0.2, 0.25) is 5.91 Å². The molecule has 1 amide bonds. The molecule has 1 fully saturated rings. The van der Waals surface area contributed by atoms with E-state index in [0.29, 0.717) is 33.9 Å². The number of nitrogens with zero attached hydrogens (tertiary/aromatic N) is 4. The van der Waals surface area contributed by atoms with Crippen molar-refractivity contribution in [2.24, 2.45) is 13.0 Å². The number of nitrogens with one attached hydrogen (secondary N) is 3. The first-order chi connectivity index (χ1) is 16.1. The molecule has 2 atom stereocenters. The number of fused-ring (bicyclic) bond motifs is 1. The predicted octanol–water partition coefficient (Wildman–Crippen LogP) is 3.11. The molecule has 1 saturated carbocycles. The normalized spacial score (nSPS) is 17.6. The molecule has 0 spiro atoms. The number of benzene rings is 1. The number of hydrogen-bond acceptors (Lipinski definition) is 7. The van der Waals surface area contributed by atoms with Gasteiger partial charge in [-0.3, -0.25) is 4.79 Å². The molecule has 0 aliphatic heterocycles. The Morgan fingerprint density at radius 1 is 1.24 bits per heavy atom. The van der Waals surface area contributed by atoms with Gasteiger partial charge < -0.3 is 20.2 Å². The lowest BCUT2D eigenvalue weighted by atomic mass is 10.1. The number of sulfone groups is 1. The van der Waals surface area contributed by atoms with Gasteiger partial charge in [-0.1, -0.05) is 6.07 Å². The molecule has 12 heteroatoms. The molecule has 176 valence electrons. The smallest absolute Gasteiger partial charge is 0.231 e. The van der Waals surface area contributed by atoms with Crippen molar-refractivity contribution in [2.75, 3.05) is 16.9 Å². The van der Waals surface area contributed by atoms with Gasteiger partial charge in [0.25, 0.3) is 0 Å². The van der Waals surface area contributed by atoms with E-state index < -0.39 is 27.8 Å². The molecule has 1 aromatic carbocycles. The number of anilines is 3. The second kappa shape index (κ2) is 7.90. The van der Waals surface area contributed by atoms with Crippen LogP contribution in [0.25, 0.3) is 22.4 Å². The minimum atomic E-state index is -3.61. The number of aromatic amines is 1. The van der Waals surface area contributed by atoms with E-state index in [1.54, 1.807) is 48.3 Å². The molecule has 0 unspecified atom stereocenters. The van der Waals surface area contributed by atoms with E-state index in [2.05, 4.69) is 30.6 Å². The van der Waals surface area contributed by atoms with Gasteiger partial charge >= 0.3 is 0 Å². The molecule has 0 bridgehead atoms. The highest BCUT2D eigenvalue weighted by atomic mass is 32.2. The molecule has 1 aliphatic carbocycles. The van der Waals surface area contributed by atoms with Crippen LogP contribution in [-0.2, 0) is 21.7 Å². The number of pyridine rings is 1. The van der Waals surface area contributed by atoms with Gasteiger partial charge in [0.1, 0.15) is 23.3 Å². The summed E-state index contributed by atoms with van der Waals surface area (Å²) in [7, 11) is -1.79. The Labute approximate surface area is 194 Å². The third-order valence-electron chi connectivity index (χ3n) is 5.64. The van der Waals surface area contributed by atoms with Crippen molar-refractivity contribution in [3.8, 4) is 11.3 Å². The summed E-state index contributed by atoms with van der Waals surface area (Å²) in [4.78, 5) is 28.2. The van der Waals surface area contributed by atoms with Crippen molar-refractivity contribution in [3.63, 3.8) is 0 Å². The van der Waals surface area contributed by atoms with Crippen LogP contribution in [0.3, 0.4) is 0 Å². The number of carbonyl (C=O) groups excluding carboxylic acids is 1.